The lowest BCUT2D eigenvalue weighted by Crippen LogP contribution is -2.37. The zero-order valence-electron chi connectivity index (χ0n) is 16.4. The number of aryl methyl sites for hydroxylation is 2. The van der Waals surface area contributed by atoms with Crippen molar-refractivity contribution < 1.29 is 22.7 Å². The average Bonchev–Trinajstić information content (AvgIpc) is 2.61. The van der Waals surface area contributed by atoms with E-state index < -0.39 is 21.9 Å². The van der Waals surface area contributed by atoms with E-state index in [0.717, 1.165) is 16.1 Å². The number of anilines is 2. The largest absolute Gasteiger partial charge is 0.462 e. The highest BCUT2D eigenvalue weighted by Gasteiger charge is 2.21. The van der Waals surface area contributed by atoms with E-state index in [2.05, 4.69) is 5.32 Å². The summed E-state index contributed by atoms with van der Waals surface area (Å²) < 4.78 is 30.3. The van der Waals surface area contributed by atoms with Crippen LogP contribution in [-0.2, 0) is 19.6 Å². The van der Waals surface area contributed by atoms with Gasteiger partial charge in [-0.2, -0.15) is 0 Å². The van der Waals surface area contributed by atoms with Crippen molar-refractivity contribution in [3.63, 3.8) is 0 Å². The van der Waals surface area contributed by atoms with Gasteiger partial charge in [-0.3, -0.25) is 9.10 Å². The van der Waals surface area contributed by atoms with Crippen LogP contribution in [-0.4, -0.2) is 39.7 Å². The molecule has 0 fully saturated rings. The van der Waals surface area contributed by atoms with Crippen LogP contribution in [0.1, 0.15) is 28.4 Å². The Kier molecular flexibility index (Phi) is 6.80. The molecule has 2 aromatic carbocycles. The van der Waals surface area contributed by atoms with E-state index in [1.54, 1.807) is 56.3 Å². The van der Waals surface area contributed by atoms with Crippen molar-refractivity contribution in [1.29, 1.82) is 0 Å². The smallest absolute Gasteiger partial charge is 0.338 e. The molecule has 2 rings (SSSR count). The van der Waals surface area contributed by atoms with Crippen LogP contribution >= 0.6 is 0 Å². The minimum absolute atomic E-state index is 0.275. The molecule has 0 aliphatic carbocycles. The van der Waals surface area contributed by atoms with Gasteiger partial charge in [0.1, 0.15) is 6.54 Å². The van der Waals surface area contributed by atoms with Gasteiger partial charge in [0.05, 0.1) is 24.1 Å². The number of ether oxygens (including phenoxy) is 1. The topological polar surface area (TPSA) is 92.8 Å². The maximum Gasteiger partial charge on any atom is 0.338 e. The van der Waals surface area contributed by atoms with Gasteiger partial charge in [0, 0.05) is 5.69 Å². The quantitative estimate of drug-likeness (QED) is 0.717. The first kappa shape index (κ1) is 21.4. The highest BCUT2D eigenvalue weighted by Crippen LogP contribution is 2.20. The molecule has 0 radical (unpaired) electrons. The van der Waals surface area contributed by atoms with Gasteiger partial charge in [-0.25, -0.2) is 13.2 Å². The van der Waals surface area contributed by atoms with Crippen LogP contribution in [0.15, 0.2) is 42.5 Å². The molecule has 2 aromatic rings. The molecule has 0 unspecified atom stereocenters. The fourth-order valence-corrected chi connectivity index (χ4v) is 3.43. The molecule has 0 saturated heterocycles. The minimum atomic E-state index is -3.64. The van der Waals surface area contributed by atoms with Crippen molar-refractivity contribution in [2.75, 3.05) is 29.0 Å². The Morgan fingerprint density at radius 2 is 1.71 bits per heavy atom. The summed E-state index contributed by atoms with van der Waals surface area (Å²) in [5.41, 5.74) is 2.95. The molecule has 0 aliphatic heterocycles. The zero-order valence-corrected chi connectivity index (χ0v) is 17.2. The standard InChI is InChI=1S/C20H24N2O5S/c1-5-27-20(24)16-8-11-18(15(3)12-16)21-19(23)13-22(28(4,25)26)17-9-6-14(2)7-10-17/h6-12H,5,13H2,1-4H3,(H,21,23). The predicted octanol–water partition coefficient (Wildman–Crippen LogP) is 2.88. The lowest BCUT2D eigenvalue weighted by Gasteiger charge is -2.22. The summed E-state index contributed by atoms with van der Waals surface area (Å²) in [5, 5.41) is 2.69. The summed E-state index contributed by atoms with van der Waals surface area (Å²) in [5.74, 6) is -0.927. The Morgan fingerprint density at radius 3 is 2.25 bits per heavy atom. The van der Waals surface area contributed by atoms with Crippen LogP contribution in [0.25, 0.3) is 0 Å². The Labute approximate surface area is 165 Å². The van der Waals surface area contributed by atoms with Gasteiger partial charge >= 0.3 is 5.97 Å². The van der Waals surface area contributed by atoms with E-state index >= 15 is 0 Å². The molecule has 0 spiro atoms. The van der Waals surface area contributed by atoms with Crippen molar-refractivity contribution in [3.05, 3.63) is 59.2 Å². The number of benzene rings is 2. The number of amides is 1. The normalized spacial score (nSPS) is 11.0. The van der Waals surface area contributed by atoms with E-state index in [-0.39, 0.29) is 13.2 Å². The molecule has 1 N–H and O–H groups in total. The van der Waals surface area contributed by atoms with Crippen LogP contribution in [0.5, 0.6) is 0 Å². The van der Waals surface area contributed by atoms with Crippen LogP contribution in [0.3, 0.4) is 0 Å². The molecule has 0 aliphatic rings. The number of nitrogens with one attached hydrogen (secondary N) is 1. The van der Waals surface area contributed by atoms with Gasteiger partial charge in [-0.05, 0) is 56.7 Å². The summed E-state index contributed by atoms with van der Waals surface area (Å²) in [6, 6.07) is 11.6. The Balaban J connectivity index is 2.17. The lowest BCUT2D eigenvalue weighted by atomic mass is 10.1. The summed E-state index contributed by atoms with van der Waals surface area (Å²) in [4.78, 5) is 24.3. The predicted molar refractivity (Wildman–Crippen MR) is 109 cm³/mol. The third-order valence-corrected chi connectivity index (χ3v) is 5.16. The van der Waals surface area contributed by atoms with E-state index in [0.29, 0.717) is 22.5 Å². The number of rotatable bonds is 7. The number of nitrogens with zero attached hydrogens (tertiary/aromatic N) is 1. The van der Waals surface area contributed by atoms with Gasteiger partial charge in [-0.15, -0.1) is 0 Å². The molecule has 150 valence electrons. The number of carbonyl (C=O) groups is 2. The second-order valence-corrected chi connectivity index (χ2v) is 8.31. The molecule has 0 heterocycles. The van der Waals surface area contributed by atoms with Crippen molar-refractivity contribution in [2.24, 2.45) is 0 Å². The first-order chi connectivity index (χ1) is 13.1. The second kappa shape index (κ2) is 8.88. The zero-order chi connectivity index (χ0) is 20.9. The molecular weight excluding hydrogens is 380 g/mol. The number of carbonyl (C=O) groups excluding carboxylic acids is 2. The number of hydrogen-bond donors (Lipinski definition) is 1. The molecule has 7 nitrogen and oxygen atoms in total. The maximum atomic E-state index is 12.5. The SMILES string of the molecule is CCOC(=O)c1ccc(NC(=O)CN(c2ccc(C)cc2)S(C)(=O)=O)c(C)c1. The van der Waals surface area contributed by atoms with Crippen molar-refractivity contribution in [1.82, 2.24) is 0 Å². The van der Waals surface area contributed by atoms with Gasteiger partial charge in [0.15, 0.2) is 0 Å². The fraction of sp³-hybridized carbons (Fsp3) is 0.300. The van der Waals surface area contributed by atoms with Gasteiger partial charge in [0.2, 0.25) is 15.9 Å². The van der Waals surface area contributed by atoms with E-state index in [1.807, 2.05) is 6.92 Å². The highest BCUT2D eigenvalue weighted by molar-refractivity contribution is 7.92. The molecule has 0 saturated carbocycles. The fourth-order valence-electron chi connectivity index (χ4n) is 2.58. The second-order valence-electron chi connectivity index (χ2n) is 6.40. The first-order valence-electron chi connectivity index (χ1n) is 8.74. The highest BCUT2D eigenvalue weighted by atomic mass is 32.2. The Morgan fingerprint density at radius 1 is 1.07 bits per heavy atom. The lowest BCUT2D eigenvalue weighted by molar-refractivity contribution is -0.114. The summed E-state index contributed by atoms with van der Waals surface area (Å²) in [6.45, 7) is 5.27. The van der Waals surface area contributed by atoms with Gasteiger partial charge in [0.25, 0.3) is 0 Å². The van der Waals surface area contributed by atoms with E-state index in [1.165, 1.54) is 0 Å². The van der Waals surface area contributed by atoms with Crippen molar-refractivity contribution in [2.45, 2.75) is 20.8 Å². The van der Waals surface area contributed by atoms with Crippen LogP contribution in [0, 0.1) is 13.8 Å². The molecule has 0 bridgehead atoms. The Bertz CT molecular complexity index is 969. The van der Waals surface area contributed by atoms with E-state index in [4.69, 9.17) is 4.74 Å². The Hall–Kier alpha value is -2.87. The number of hydrogen-bond acceptors (Lipinski definition) is 5. The summed E-state index contributed by atoms with van der Waals surface area (Å²) in [7, 11) is -3.64. The minimum Gasteiger partial charge on any atom is -0.462 e. The molecular formula is C20H24N2O5S. The van der Waals surface area contributed by atoms with E-state index in [9.17, 15) is 18.0 Å². The van der Waals surface area contributed by atoms with Gasteiger partial charge < -0.3 is 10.1 Å². The first-order valence-corrected chi connectivity index (χ1v) is 10.6. The summed E-state index contributed by atoms with van der Waals surface area (Å²) in [6.07, 6.45) is 1.06. The van der Waals surface area contributed by atoms with Crippen LogP contribution in [0.4, 0.5) is 11.4 Å². The summed E-state index contributed by atoms with van der Waals surface area (Å²) >= 11 is 0. The molecule has 0 atom stereocenters. The molecule has 0 aromatic heterocycles. The molecule has 28 heavy (non-hydrogen) atoms. The van der Waals surface area contributed by atoms with Crippen molar-refractivity contribution in [3.8, 4) is 0 Å². The number of sulfonamides is 1. The maximum absolute atomic E-state index is 12.5. The van der Waals surface area contributed by atoms with Gasteiger partial charge in [-0.1, -0.05) is 17.7 Å². The van der Waals surface area contributed by atoms with Crippen LogP contribution < -0.4 is 9.62 Å². The van der Waals surface area contributed by atoms with Crippen molar-refractivity contribution >= 4 is 33.3 Å². The molecule has 8 heteroatoms. The average molecular weight is 404 g/mol. The number of esters is 1. The third-order valence-electron chi connectivity index (χ3n) is 4.02. The molecule has 1 amide bonds. The monoisotopic (exact) mass is 404 g/mol. The van der Waals surface area contributed by atoms with Crippen LogP contribution in [0.2, 0.25) is 0 Å². The third kappa shape index (κ3) is 5.56.